The summed E-state index contributed by atoms with van der Waals surface area (Å²) >= 11 is 0. The molecule has 1 aromatic heterocycles. The van der Waals surface area contributed by atoms with Gasteiger partial charge in [0.1, 0.15) is 11.4 Å². The molecule has 4 rings (SSSR count). The Bertz CT molecular complexity index is 954. The number of anilines is 1. The number of carbonyl (C=O) groups is 1. The van der Waals surface area contributed by atoms with E-state index in [9.17, 15) is 19.1 Å². The van der Waals surface area contributed by atoms with Gasteiger partial charge in [0.15, 0.2) is 0 Å². The Morgan fingerprint density at radius 1 is 1.31 bits per heavy atom. The third-order valence-corrected chi connectivity index (χ3v) is 5.41. The minimum atomic E-state index is -1.30. The van der Waals surface area contributed by atoms with Gasteiger partial charge < -0.3 is 26.0 Å². The van der Waals surface area contributed by atoms with Crippen LogP contribution in [0.2, 0.25) is 0 Å². The van der Waals surface area contributed by atoms with E-state index in [-0.39, 0.29) is 29.0 Å². The molecule has 1 saturated heterocycles. The van der Waals surface area contributed by atoms with Gasteiger partial charge in [-0.3, -0.25) is 4.79 Å². The van der Waals surface area contributed by atoms with Crippen LogP contribution >= 0.6 is 0 Å². The van der Waals surface area contributed by atoms with E-state index in [1.165, 1.54) is 6.20 Å². The Balaban J connectivity index is 1.89. The van der Waals surface area contributed by atoms with Crippen LogP contribution in [0.1, 0.15) is 29.2 Å². The van der Waals surface area contributed by atoms with Crippen LogP contribution in [-0.2, 0) is 0 Å². The summed E-state index contributed by atoms with van der Waals surface area (Å²) in [5.74, 6) is -1.76. The Hall–Kier alpha value is -2.45. The van der Waals surface area contributed by atoms with Crippen molar-refractivity contribution in [2.24, 2.45) is 17.4 Å². The molecule has 8 heteroatoms. The van der Waals surface area contributed by atoms with Gasteiger partial charge in [-0.2, -0.15) is 0 Å². The lowest BCUT2D eigenvalue weighted by molar-refractivity contribution is 0.0695. The molecule has 0 radical (unpaired) electrons. The van der Waals surface area contributed by atoms with Gasteiger partial charge in [0, 0.05) is 42.7 Å². The number of rotatable bonds is 4. The highest BCUT2D eigenvalue weighted by Crippen LogP contribution is 2.38. The first-order valence-corrected chi connectivity index (χ1v) is 8.73. The van der Waals surface area contributed by atoms with Crippen molar-refractivity contribution in [3.05, 3.63) is 39.9 Å². The molecule has 2 atom stereocenters. The summed E-state index contributed by atoms with van der Waals surface area (Å²) in [6, 6.07) is 2.81. The van der Waals surface area contributed by atoms with Gasteiger partial charge in [0.2, 0.25) is 5.43 Å². The maximum atomic E-state index is 14.8. The first-order chi connectivity index (χ1) is 12.4. The van der Waals surface area contributed by atoms with Crippen LogP contribution in [0.3, 0.4) is 0 Å². The van der Waals surface area contributed by atoms with Crippen molar-refractivity contribution in [1.29, 1.82) is 0 Å². The van der Waals surface area contributed by atoms with Gasteiger partial charge in [0.05, 0.1) is 11.2 Å². The number of carboxylic acids is 1. The number of hydrogen-bond donors (Lipinski definition) is 3. The van der Waals surface area contributed by atoms with Gasteiger partial charge in [0.25, 0.3) is 0 Å². The number of hydrogen-bond acceptors (Lipinski definition) is 5. The van der Waals surface area contributed by atoms with Crippen molar-refractivity contribution in [1.82, 2.24) is 4.57 Å². The van der Waals surface area contributed by atoms with Gasteiger partial charge >= 0.3 is 5.97 Å². The van der Waals surface area contributed by atoms with E-state index in [0.29, 0.717) is 30.8 Å². The molecule has 1 aliphatic carbocycles. The first-order valence-electron chi connectivity index (χ1n) is 8.73. The predicted octanol–water partition coefficient (Wildman–Crippen LogP) is 0.896. The summed E-state index contributed by atoms with van der Waals surface area (Å²) in [4.78, 5) is 25.7. The number of halogens is 1. The maximum Gasteiger partial charge on any atom is 0.341 e. The molecule has 2 fully saturated rings. The zero-order valence-corrected chi connectivity index (χ0v) is 14.2. The molecule has 2 unspecified atom stereocenters. The molecule has 2 aliphatic rings. The maximum absolute atomic E-state index is 14.8. The lowest BCUT2D eigenvalue weighted by atomic mass is 10.1. The fourth-order valence-electron chi connectivity index (χ4n) is 3.75. The van der Waals surface area contributed by atoms with E-state index < -0.39 is 17.2 Å². The van der Waals surface area contributed by atoms with Crippen LogP contribution in [0.15, 0.2) is 23.1 Å². The van der Waals surface area contributed by atoms with E-state index in [2.05, 4.69) is 0 Å². The van der Waals surface area contributed by atoms with E-state index in [1.54, 1.807) is 10.6 Å². The lowest BCUT2D eigenvalue weighted by Gasteiger charge is -2.21. The number of nitrogens with two attached hydrogens (primary N) is 2. The number of aromatic carboxylic acids is 1. The quantitative estimate of drug-likeness (QED) is 0.746. The van der Waals surface area contributed by atoms with E-state index >= 15 is 0 Å². The van der Waals surface area contributed by atoms with Crippen molar-refractivity contribution < 1.29 is 14.3 Å². The summed E-state index contributed by atoms with van der Waals surface area (Å²) in [5, 5.41) is 9.39. The van der Waals surface area contributed by atoms with E-state index in [1.807, 2.05) is 4.90 Å². The number of aromatic nitrogens is 1. The summed E-state index contributed by atoms with van der Waals surface area (Å²) < 4.78 is 16.6. The fraction of sp³-hybridized carbons (Fsp3) is 0.444. The second-order valence-electron chi connectivity index (χ2n) is 7.20. The monoisotopic (exact) mass is 360 g/mol. The molecule has 0 amide bonds. The number of pyridine rings is 1. The molecule has 5 N–H and O–H groups in total. The van der Waals surface area contributed by atoms with E-state index in [0.717, 1.165) is 18.9 Å². The van der Waals surface area contributed by atoms with Crippen LogP contribution in [0.5, 0.6) is 0 Å². The largest absolute Gasteiger partial charge is 0.477 e. The van der Waals surface area contributed by atoms with Crippen LogP contribution in [-0.4, -0.2) is 41.3 Å². The molecule has 1 saturated carbocycles. The third kappa shape index (κ3) is 2.65. The molecule has 2 aromatic rings. The summed E-state index contributed by atoms with van der Waals surface area (Å²) in [6.07, 6.45) is 3.20. The average Bonchev–Trinajstić information content (AvgIpc) is 3.37. The number of benzene rings is 1. The van der Waals surface area contributed by atoms with Gasteiger partial charge in [-0.1, -0.05) is 0 Å². The van der Waals surface area contributed by atoms with Crippen molar-refractivity contribution in [2.75, 3.05) is 24.5 Å². The summed E-state index contributed by atoms with van der Waals surface area (Å²) in [5.41, 5.74) is 11.8. The highest BCUT2D eigenvalue weighted by molar-refractivity contribution is 5.93. The molecule has 7 nitrogen and oxygen atoms in total. The van der Waals surface area contributed by atoms with Crippen LogP contribution in [0.4, 0.5) is 10.1 Å². The standard InChI is InChI=1S/C18H21FN4O3/c19-13-3-11-15(4-16(13)22-6-9(5-20)14(21)8-22)23(10-1-2-10)7-12(17(11)24)18(25)26/h3-4,7,9-10,14H,1-2,5-6,8,20-21H2,(H,25,26). The van der Waals surface area contributed by atoms with Gasteiger partial charge in [-0.25, -0.2) is 9.18 Å². The van der Waals surface area contributed by atoms with Crippen LogP contribution in [0, 0.1) is 11.7 Å². The minimum Gasteiger partial charge on any atom is -0.477 e. The molecule has 138 valence electrons. The molecule has 1 aromatic carbocycles. The van der Waals surface area contributed by atoms with Crippen molar-refractivity contribution >= 4 is 22.6 Å². The van der Waals surface area contributed by atoms with Crippen molar-refractivity contribution in [2.45, 2.75) is 24.9 Å². The summed E-state index contributed by atoms with van der Waals surface area (Å²) in [6.45, 7) is 1.48. The first kappa shape index (κ1) is 17.0. The highest BCUT2D eigenvalue weighted by Gasteiger charge is 2.32. The second kappa shape index (κ2) is 6.07. The minimum absolute atomic E-state index is 0.0881. The zero-order chi connectivity index (χ0) is 18.6. The lowest BCUT2D eigenvalue weighted by Crippen LogP contribution is -2.33. The van der Waals surface area contributed by atoms with Crippen molar-refractivity contribution in [3.8, 4) is 0 Å². The Labute approximate surface area is 149 Å². The molecule has 1 aliphatic heterocycles. The molecule has 2 heterocycles. The highest BCUT2D eigenvalue weighted by atomic mass is 19.1. The van der Waals surface area contributed by atoms with Crippen LogP contribution < -0.4 is 21.8 Å². The molecule has 0 bridgehead atoms. The van der Waals surface area contributed by atoms with E-state index in [4.69, 9.17) is 11.5 Å². The average molecular weight is 360 g/mol. The predicted molar refractivity (Wildman–Crippen MR) is 96.1 cm³/mol. The topological polar surface area (TPSA) is 115 Å². The molecule has 0 spiro atoms. The smallest absolute Gasteiger partial charge is 0.341 e. The van der Waals surface area contributed by atoms with Gasteiger partial charge in [-0.15, -0.1) is 0 Å². The molecular formula is C18H21FN4O3. The number of carboxylic acid groups (broad SMARTS) is 1. The normalized spacial score (nSPS) is 23.0. The third-order valence-electron chi connectivity index (χ3n) is 5.41. The van der Waals surface area contributed by atoms with Crippen molar-refractivity contribution in [3.63, 3.8) is 0 Å². The zero-order valence-electron chi connectivity index (χ0n) is 14.2. The summed E-state index contributed by atoms with van der Waals surface area (Å²) in [7, 11) is 0. The van der Waals surface area contributed by atoms with Gasteiger partial charge in [-0.05, 0) is 31.5 Å². The second-order valence-corrected chi connectivity index (χ2v) is 7.20. The Morgan fingerprint density at radius 2 is 2.04 bits per heavy atom. The Kier molecular flexibility index (Phi) is 3.96. The number of nitrogens with zero attached hydrogens (tertiary/aromatic N) is 2. The molecule has 26 heavy (non-hydrogen) atoms. The fourth-order valence-corrected chi connectivity index (χ4v) is 3.75. The molecular weight excluding hydrogens is 339 g/mol. The van der Waals surface area contributed by atoms with Crippen LogP contribution in [0.25, 0.3) is 10.9 Å². The SMILES string of the molecule is NCC1CN(c2cc3c(cc2F)c(=O)c(C(=O)O)cn3C2CC2)CC1N. The Morgan fingerprint density at radius 3 is 2.62 bits per heavy atom. The number of fused-ring (bicyclic) bond motifs is 1.